The van der Waals surface area contributed by atoms with E-state index in [9.17, 15) is 22.8 Å². The van der Waals surface area contributed by atoms with E-state index in [0.717, 1.165) is 35.4 Å². The van der Waals surface area contributed by atoms with Crippen LogP contribution in [0.4, 0.5) is 13.2 Å². The molecule has 3 aromatic carbocycles. The minimum absolute atomic E-state index is 0.00171. The standard InChI is InChI=1S/C25H22F3NO4/c1-18(32-24(31)21-12-14-22(15-13-21)33-25(26,27)28)23(30)29(16-19-8-4-2-5-9-19)17-20-10-6-3-7-11-20/h2-15,18H,16-17H2,1H3/t18-/m0/s1. The minimum atomic E-state index is -4.83. The van der Waals surface area contributed by atoms with E-state index in [2.05, 4.69) is 4.74 Å². The van der Waals surface area contributed by atoms with E-state index >= 15 is 0 Å². The molecule has 0 aliphatic heterocycles. The Labute approximate surface area is 189 Å². The van der Waals surface area contributed by atoms with Crippen LogP contribution in [0.2, 0.25) is 0 Å². The average Bonchev–Trinajstić information content (AvgIpc) is 2.79. The molecular formula is C25H22F3NO4. The molecule has 0 unspecified atom stereocenters. The lowest BCUT2D eigenvalue weighted by atomic mass is 10.1. The molecule has 5 nitrogen and oxygen atoms in total. The highest BCUT2D eigenvalue weighted by Gasteiger charge is 2.31. The first-order chi connectivity index (χ1) is 15.7. The highest BCUT2D eigenvalue weighted by Crippen LogP contribution is 2.23. The van der Waals surface area contributed by atoms with E-state index in [1.807, 2.05) is 60.7 Å². The molecule has 33 heavy (non-hydrogen) atoms. The Morgan fingerprint density at radius 2 is 1.30 bits per heavy atom. The first kappa shape index (κ1) is 23.8. The van der Waals surface area contributed by atoms with Crippen molar-refractivity contribution in [2.75, 3.05) is 0 Å². The summed E-state index contributed by atoms with van der Waals surface area (Å²) in [5.74, 6) is -1.68. The van der Waals surface area contributed by atoms with Gasteiger partial charge < -0.3 is 14.4 Å². The molecule has 3 aromatic rings. The molecule has 0 fully saturated rings. The zero-order valence-corrected chi connectivity index (χ0v) is 17.8. The average molecular weight is 457 g/mol. The van der Waals surface area contributed by atoms with Crippen LogP contribution >= 0.6 is 0 Å². The van der Waals surface area contributed by atoms with Crippen molar-refractivity contribution in [1.29, 1.82) is 0 Å². The quantitative estimate of drug-likeness (QED) is 0.428. The van der Waals surface area contributed by atoms with Gasteiger partial charge >= 0.3 is 12.3 Å². The normalized spacial score (nSPS) is 12.0. The predicted molar refractivity (Wildman–Crippen MR) is 115 cm³/mol. The molecule has 0 saturated carbocycles. The number of rotatable bonds is 8. The lowest BCUT2D eigenvalue weighted by Crippen LogP contribution is -2.39. The van der Waals surface area contributed by atoms with Crippen molar-refractivity contribution in [2.24, 2.45) is 0 Å². The third-order valence-corrected chi connectivity index (χ3v) is 4.70. The Morgan fingerprint density at radius 3 is 1.76 bits per heavy atom. The molecule has 1 amide bonds. The Hall–Kier alpha value is -3.81. The summed E-state index contributed by atoms with van der Waals surface area (Å²) in [6, 6.07) is 23.1. The number of nitrogens with zero attached hydrogens (tertiary/aromatic N) is 1. The van der Waals surface area contributed by atoms with Crippen LogP contribution in [-0.4, -0.2) is 29.2 Å². The Balaban J connectivity index is 1.69. The number of hydrogen-bond acceptors (Lipinski definition) is 4. The van der Waals surface area contributed by atoms with Gasteiger partial charge in [-0.15, -0.1) is 13.2 Å². The lowest BCUT2D eigenvalue weighted by Gasteiger charge is -2.26. The van der Waals surface area contributed by atoms with Gasteiger partial charge in [-0.1, -0.05) is 60.7 Å². The van der Waals surface area contributed by atoms with Gasteiger partial charge in [-0.25, -0.2) is 4.79 Å². The topological polar surface area (TPSA) is 55.8 Å². The van der Waals surface area contributed by atoms with Crippen molar-refractivity contribution in [3.63, 3.8) is 0 Å². The fourth-order valence-corrected chi connectivity index (χ4v) is 3.15. The maximum absolute atomic E-state index is 13.1. The number of halogens is 3. The van der Waals surface area contributed by atoms with Gasteiger partial charge in [0.25, 0.3) is 5.91 Å². The van der Waals surface area contributed by atoms with E-state index in [1.54, 1.807) is 4.90 Å². The number of carbonyl (C=O) groups is 2. The van der Waals surface area contributed by atoms with Crippen LogP contribution in [0, 0.1) is 0 Å². The summed E-state index contributed by atoms with van der Waals surface area (Å²) in [5, 5.41) is 0. The van der Waals surface area contributed by atoms with Gasteiger partial charge in [0.2, 0.25) is 0 Å². The molecule has 0 aliphatic carbocycles. The summed E-state index contributed by atoms with van der Waals surface area (Å²) >= 11 is 0. The molecule has 0 N–H and O–H groups in total. The molecular weight excluding hydrogens is 435 g/mol. The smallest absolute Gasteiger partial charge is 0.449 e. The molecule has 8 heteroatoms. The zero-order valence-electron chi connectivity index (χ0n) is 17.8. The van der Waals surface area contributed by atoms with Gasteiger partial charge in [-0.05, 0) is 42.3 Å². The summed E-state index contributed by atoms with van der Waals surface area (Å²) in [6.07, 6.45) is -5.93. The SMILES string of the molecule is C[C@H](OC(=O)c1ccc(OC(F)(F)F)cc1)C(=O)N(Cc1ccccc1)Cc1ccccc1. The van der Waals surface area contributed by atoms with Crippen molar-refractivity contribution in [1.82, 2.24) is 4.90 Å². The third kappa shape index (κ3) is 7.38. The van der Waals surface area contributed by atoms with Gasteiger partial charge in [0.15, 0.2) is 6.10 Å². The summed E-state index contributed by atoms with van der Waals surface area (Å²) in [7, 11) is 0. The van der Waals surface area contributed by atoms with Crippen molar-refractivity contribution in [2.45, 2.75) is 32.5 Å². The first-order valence-corrected chi connectivity index (χ1v) is 10.1. The van der Waals surface area contributed by atoms with Crippen molar-refractivity contribution < 1.29 is 32.2 Å². The molecule has 1 atom stereocenters. The van der Waals surface area contributed by atoms with Crippen molar-refractivity contribution >= 4 is 11.9 Å². The van der Waals surface area contributed by atoms with Crippen LogP contribution < -0.4 is 4.74 Å². The second-order valence-electron chi connectivity index (χ2n) is 7.29. The van der Waals surface area contributed by atoms with Crippen molar-refractivity contribution in [3.05, 3.63) is 102 Å². The number of alkyl halides is 3. The van der Waals surface area contributed by atoms with Crippen LogP contribution in [0.3, 0.4) is 0 Å². The second-order valence-corrected chi connectivity index (χ2v) is 7.29. The van der Waals surface area contributed by atoms with E-state index in [1.165, 1.54) is 6.92 Å². The number of benzene rings is 3. The zero-order chi connectivity index (χ0) is 23.8. The number of carbonyl (C=O) groups excluding carboxylic acids is 2. The summed E-state index contributed by atoms with van der Waals surface area (Å²) in [4.78, 5) is 27.2. The Morgan fingerprint density at radius 1 is 0.818 bits per heavy atom. The second kappa shape index (κ2) is 10.7. The molecule has 0 saturated heterocycles. The van der Waals surface area contributed by atoms with Gasteiger partial charge in [0, 0.05) is 13.1 Å². The van der Waals surface area contributed by atoms with Gasteiger partial charge in [0.1, 0.15) is 5.75 Å². The minimum Gasteiger partial charge on any atom is -0.449 e. The number of ether oxygens (including phenoxy) is 2. The molecule has 0 spiro atoms. The highest BCUT2D eigenvalue weighted by atomic mass is 19.4. The van der Waals surface area contributed by atoms with Crippen LogP contribution in [-0.2, 0) is 22.6 Å². The van der Waals surface area contributed by atoms with Crippen LogP contribution in [0.5, 0.6) is 5.75 Å². The highest BCUT2D eigenvalue weighted by molar-refractivity contribution is 5.92. The molecule has 0 bridgehead atoms. The fourth-order valence-electron chi connectivity index (χ4n) is 3.15. The van der Waals surface area contributed by atoms with E-state index in [-0.39, 0.29) is 5.56 Å². The Bertz CT molecular complexity index is 1010. The maximum Gasteiger partial charge on any atom is 0.573 e. The number of esters is 1. The lowest BCUT2D eigenvalue weighted by molar-refractivity contribution is -0.274. The summed E-state index contributed by atoms with van der Waals surface area (Å²) in [5.41, 5.74) is 1.84. The molecule has 0 heterocycles. The summed E-state index contributed by atoms with van der Waals surface area (Å²) in [6.45, 7) is 2.10. The molecule has 0 radical (unpaired) electrons. The van der Waals surface area contributed by atoms with E-state index in [4.69, 9.17) is 4.74 Å². The fraction of sp³-hybridized carbons (Fsp3) is 0.200. The third-order valence-electron chi connectivity index (χ3n) is 4.70. The van der Waals surface area contributed by atoms with Gasteiger partial charge in [0.05, 0.1) is 5.56 Å². The largest absolute Gasteiger partial charge is 0.573 e. The Kier molecular flexibility index (Phi) is 7.71. The molecule has 172 valence electrons. The predicted octanol–water partition coefficient (Wildman–Crippen LogP) is 5.36. The van der Waals surface area contributed by atoms with Crippen LogP contribution in [0.15, 0.2) is 84.9 Å². The number of hydrogen-bond donors (Lipinski definition) is 0. The van der Waals surface area contributed by atoms with Crippen LogP contribution in [0.1, 0.15) is 28.4 Å². The van der Waals surface area contributed by atoms with Gasteiger partial charge in [-0.3, -0.25) is 4.79 Å². The molecule has 0 aromatic heterocycles. The van der Waals surface area contributed by atoms with E-state index < -0.39 is 30.1 Å². The molecule has 3 rings (SSSR count). The maximum atomic E-state index is 13.1. The van der Waals surface area contributed by atoms with Crippen LogP contribution in [0.25, 0.3) is 0 Å². The first-order valence-electron chi connectivity index (χ1n) is 10.1. The monoisotopic (exact) mass is 457 g/mol. The molecule has 0 aliphatic rings. The van der Waals surface area contributed by atoms with E-state index in [0.29, 0.717) is 13.1 Å². The number of amides is 1. The summed E-state index contributed by atoms with van der Waals surface area (Å²) < 4.78 is 46.0. The van der Waals surface area contributed by atoms with Gasteiger partial charge in [-0.2, -0.15) is 0 Å². The van der Waals surface area contributed by atoms with Crippen molar-refractivity contribution in [3.8, 4) is 5.75 Å².